The van der Waals surface area contributed by atoms with Gasteiger partial charge in [0.15, 0.2) is 16.8 Å². The van der Waals surface area contributed by atoms with Crippen LogP contribution in [0.3, 0.4) is 0 Å². The molecule has 30 heavy (non-hydrogen) atoms. The lowest BCUT2D eigenvalue weighted by atomic mass is 9.99. The zero-order valence-electron chi connectivity index (χ0n) is 17.3. The SMILES string of the molecule is CCCn1c(SCC(=O)c2ccc3c(c2)[C@@H](C)C(=O)N3)nnc1-c1cccc(C)c1. The van der Waals surface area contributed by atoms with Crippen LogP contribution in [0.4, 0.5) is 5.69 Å². The normalized spacial score (nSPS) is 15.2. The Morgan fingerprint density at radius 2 is 2.03 bits per heavy atom. The van der Waals surface area contributed by atoms with Crippen LogP contribution in [0, 0.1) is 6.92 Å². The van der Waals surface area contributed by atoms with E-state index in [2.05, 4.69) is 46.1 Å². The Morgan fingerprint density at radius 3 is 2.80 bits per heavy atom. The Labute approximate surface area is 180 Å². The van der Waals surface area contributed by atoms with Gasteiger partial charge in [0.05, 0.1) is 11.7 Å². The molecular weight excluding hydrogens is 396 g/mol. The smallest absolute Gasteiger partial charge is 0.231 e. The second-order valence-electron chi connectivity index (χ2n) is 7.55. The Hall–Kier alpha value is -2.93. The first-order chi connectivity index (χ1) is 14.5. The van der Waals surface area contributed by atoms with Crippen LogP contribution in [0.15, 0.2) is 47.6 Å². The molecule has 0 saturated carbocycles. The van der Waals surface area contributed by atoms with Crippen molar-refractivity contribution in [1.82, 2.24) is 14.8 Å². The molecule has 1 aliphatic rings. The monoisotopic (exact) mass is 420 g/mol. The number of aryl methyl sites for hydroxylation is 1. The van der Waals surface area contributed by atoms with Gasteiger partial charge in [-0.05, 0) is 50.1 Å². The minimum Gasteiger partial charge on any atom is -0.325 e. The average molecular weight is 421 g/mol. The van der Waals surface area contributed by atoms with Crippen molar-refractivity contribution in [2.24, 2.45) is 0 Å². The molecule has 1 aliphatic heterocycles. The third-order valence-corrected chi connectivity index (χ3v) is 6.23. The van der Waals surface area contributed by atoms with Gasteiger partial charge in [0, 0.05) is 23.4 Å². The Kier molecular flexibility index (Phi) is 5.72. The number of carbonyl (C=O) groups excluding carboxylic acids is 2. The maximum atomic E-state index is 12.8. The van der Waals surface area contributed by atoms with Gasteiger partial charge in [0.1, 0.15) is 0 Å². The molecule has 0 fully saturated rings. The number of anilines is 1. The van der Waals surface area contributed by atoms with Gasteiger partial charge in [0.25, 0.3) is 0 Å². The molecule has 0 bridgehead atoms. The molecule has 2 aromatic carbocycles. The van der Waals surface area contributed by atoms with Gasteiger partial charge in [-0.3, -0.25) is 9.59 Å². The van der Waals surface area contributed by atoms with E-state index in [1.807, 2.05) is 31.2 Å². The number of benzene rings is 2. The molecule has 1 amide bonds. The summed E-state index contributed by atoms with van der Waals surface area (Å²) in [6.07, 6.45) is 0.947. The van der Waals surface area contributed by atoms with E-state index in [4.69, 9.17) is 0 Å². The number of Topliss-reactive ketones (excluding diaryl/α,β-unsaturated/α-hetero) is 1. The number of nitrogens with zero attached hydrogens (tertiary/aromatic N) is 3. The third kappa shape index (κ3) is 3.89. The van der Waals surface area contributed by atoms with Gasteiger partial charge in [-0.15, -0.1) is 10.2 Å². The summed E-state index contributed by atoms with van der Waals surface area (Å²) in [4.78, 5) is 24.7. The molecule has 4 rings (SSSR count). The number of amides is 1. The first-order valence-corrected chi connectivity index (χ1v) is 11.1. The van der Waals surface area contributed by atoms with E-state index < -0.39 is 0 Å². The highest BCUT2D eigenvalue weighted by Crippen LogP contribution is 2.33. The summed E-state index contributed by atoms with van der Waals surface area (Å²) in [5, 5.41) is 12.3. The molecule has 0 saturated heterocycles. The van der Waals surface area contributed by atoms with Gasteiger partial charge in [-0.2, -0.15) is 0 Å². The number of nitrogens with one attached hydrogen (secondary N) is 1. The minimum atomic E-state index is -0.232. The van der Waals surface area contributed by atoms with Gasteiger partial charge < -0.3 is 9.88 Å². The Balaban J connectivity index is 1.53. The fourth-order valence-electron chi connectivity index (χ4n) is 3.62. The molecule has 6 nitrogen and oxygen atoms in total. The average Bonchev–Trinajstić information content (AvgIpc) is 3.27. The first kappa shape index (κ1) is 20.3. The minimum absolute atomic E-state index is 0.0116. The van der Waals surface area contributed by atoms with Crippen molar-refractivity contribution < 1.29 is 9.59 Å². The lowest BCUT2D eigenvalue weighted by Crippen LogP contribution is -2.08. The predicted molar refractivity (Wildman–Crippen MR) is 119 cm³/mol. The second kappa shape index (κ2) is 8.44. The lowest BCUT2D eigenvalue weighted by molar-refractivity contribution is -0.116. The van der Waals surface area contributed by atoms with E-state index in [9.17, 15) is 9.59 Å². The van der Waals surface area contributed by atoms with Crippen molar-refractivity contribution in [2.45, 2.75) is 44.8 Å². The lowest BCUT2D eigenvalue weighted by Gasteiger charge is -2.09. The number of thioether (sulfide) groups is 1. The number of carbonyl (C=O) groups is 2. The van der Waals surface area contributed by atoms with Gasteiger partial charge in [0.2, 0.25) is 5.91 Å². The van der Waals surface area contributed by atoms with E-state index in [0.717, 1.165) is 40.8 Å². The van der Waals surface area contributed by atoms with Crippen molar-refractivity contribution in [3.8, 4) is 11.4 Å². The van der Waals surface area contributed by atoms with E-state index in [1.165, 1.54) is 17.3 Å². The van der Waals surface area contributed by atoms with Crippen molar-refractivity contribution in [2.75, 3.05) is 11.1 Å². The van der Waals surface area contributed by atoms with Crippen LogP contribution in [0.1, 0.15) is 47.7 Å². The van der Waals surface area contributed by atoms with Crippen molar-refractivity contribution in [3.05, 3.63) is 59.2 Å². The van der Waals surface area contributed by atoms with Gasteiger partial charge >= 0.3 is 0 Å². The van der Waals surface area contributed by atoms with Gasteiger partial charge in [-0.1, -0.05) is 42.4 Å². The summed E-state index contributed by atoms with van der Waals surface area (Å²) in [6, 6.07) is 13.6. The summed E-state index contributed by atoms with van der Waals surface area (Å²) in [7, 11) is 0. The molecule has 7 heteroatoms. The van der Waals surface area contributed by atoms with Crippen LogP contribution in [0.25, 0.3) is 11.4 Å². The van der Waals surface area contributed by atoms with Crippen LogP contribution in [-0.2, 0) is 11.3 Å². The molecule has 154 valence electrons. The maximum absolute atomic E-state index is 12.8. The maximum Gasteiger partial charge on any atom is 0.231 e. The number of fused-ring (bicyclic) bond motifs is 1. The molecule has 2 heterocycles. The summed E-state index contributed by atoms with van der Waals surface area (Å²) in [6.45, 7) is 6.81. The second-order valence-corrected chi connectivity index (χ2v) is 8.49. The Morgan fingerprint density at radius 1 is 1.20 bits per heavy atom. The van der Waals surface area contributed by atoms with E-state index >= 15 is 0 Å². The molecule has 3 aromatic rings. The Bertz CT molecular complexity index is 1120. The number of hydrogen-bond acceptors (Lipinski definition) is 5. The third-order valence-electron chi connectivity index (χ3n) is 5.26. The molecule has 0 aliphatic carbocycles. The largest absolute Gasteiger partial charge is 0.325 e. The van der Waals surface area contributed by atoms with Gasteiger partial charge in [-0.25, -0.2) is 0 Å². The summed E-state index contributed by atoms with van der Waals surface area (Å²) in [5.74, 6) is 0.846. The zero-order chi connectivity index (χ0) is 21.3. The molecule has 1 N–H and O–H groups in total. The summed E-state index contributed by atoms with van der Waals surface area (Å²) in [5.41, 5.74) is 4.49. The molecular formula is C23H24N4O2S. The van der Waals surface area contributed by atoms with Crippen LogP contribution in [0.2, 0.25) is 0 Å². The highest BCUT2D eigenvalue weighted by molar-refractivity contribution is 7.99. The van der Waals surface area contributed by atoms with Crippen molar-refractivity contribution >= 4 is 29.1 Å². The van der Waals surface area contributed by atoms with Crippen LogP contribution >= 0.6 is 11.8 Å². The van der Waals surface area contributed by atoms with Crippen LogP contribution < -0.4 is 5.32 Å². The number of ketones is 1. The van der Waals surface area contributed by atoms with Crippen LogP contribution in [-0.4, -0.2) is 32.2 Å². The fraction of sp³-hybridized carbons (Fsp3) is 0.304. The van der Waals surface area contributed by atoms with Crippen LogP contribution in [0.5, 0.6) is 0 Å². The highest BCUT2D eigenvalue weighted by Gasteiger charge is 2.27. The van der Waals surface area contributed by atoms with E-state index in [-0.39, 0.29) is 23.4 Å². The van der Waals surface area contributed by atoms with E-state index in [1.54, 1.807) is 6.07 Å². The fourth-order valence-corrected chi connectivity index (χ4v) is 4.48. The van der Waals surface area contributed by atoms with Crippen molar-refractivity contribution in [1.29, 1.82) is 0 Å². The quantitative estimate of drug-likeness (QED) is 0.443. The number of rotatable bonds is 7. The molecule has 0 spiro atoms. The molecule has 1 aromatic heterocycles. The molecule has 0 unspecified atom stereocenters. The van der Waals surface area contributed by atoms with E-state index in [0.29, 0.717) is 5.56 Å². The number of aromatic nitrogens is 3. The zero-order valence-corrected chi connectivity index (χ0v) is 18.1. The first-order valence-electron chi connectivity index (χ1n) is 10.1. The number of hydrogen-bond donors (Lipinski definition) is 1. The topological polar surface area (TPSA) is 76.9 Å². The van der Waals surface area contributed by atoms with Crippen molar-refractivity contribution in [3.63, 3.8) is 0 Å². The standard InChI is InChI=1S/C23H24N4O2S/c1-4-10-27-21(17-7-5-6-14(2)11-17)25-26-23(27)30-13-20(28)16-8-9-19-18(12-16)15(3)22(29)24-19/h5-9,11-12,15H,4,10,13H2,1-3H3,(H,24,29)/t15-/m1/s1. The predicted octanol–water partition coefficient (Wildman–Crippen LogP) is 4.69. The molecule has 0 radical (unpaired) electrons. The summed E-state index contributed by atoms with van der Waals surface area (Å²) >= 11 is 1.40. The highest BCUT2D eigenvalue weighted by atomic mass is 32.2. The molecule has 1 atom stereocenters. The summed E-state index contributed by atoms with van der Waals surface area (Å²) < 4.78 is 2.08.